The Bertz CT molecular complexity index is 1060. The Morgan fingerprint density at radius 1 is 1.13 bits per heavy atom. The van der Waals surface area contributed by atoms with Crippen LogP contribution in [-0.2, 0) is 12.5 Å². The standard InChI is InChI=1S/C21H21F5N4/c1-21(25,26)13-4-2-12(3-5-13)10-30-19-9-16(24)15(23)8-18(19)28-20(30)29-7-6-14(22)17(27)11-29/h2-5,8-9,14,17H,6-7,10-11,27H2,1H3/t14?,17-/m1/s1. The predicted octanol–water partition coefficient (Wildman–Crippen LogP) is 4.35. The van der Waals surface area contributed by atoms with Gasteiger partial charge >= 0.3 is 0 Å². The van der Waals surface area contributed by atoms with Gasteiger partial charge in [-0.3, -0.25) is 0 Å². The number of piperidine rings is 1. The fourth-order valence-electron chi connectivity index (χ4n) is 3.73. The van der Waals surface area contributed by atoms with Gasteiger partial charge < -0.3 is 15.2 Å². The van der Waals surface area contributed by atoms with Gasteiger partial charge in [0.25, 0.3) is 5.92 Å². The van der Waals surface area contributed by atoms with E-state index in [2.05, 4.69) is 4.98 Å². The zero-order valence-electron chi connectivity index (χ0n) is 16.3. The maximum Gasteiger partial charge on any atom is 0.270 e. The Kier molecular flexibility index (Phi) is 5.17. The number of imidazole rings is 1. The van der Waals surface area contributed by atoms with Gasteiger partial charge in [0.2, 0.25) is 5.95 Å². The van der Waals surface area contributed by atoms with Crippen LogP contribution in [0.1, 0.15) is 24.5 Å². The summed E-state index contributed by atoms with van der Waals surface area (Å²) in [7, 11) is 0. The minimum Gasteiger partial charge on any atom is -0.340 e. The molecule has 2 aromatic carbocycles. The van der Waals surface area contributed by atoms with Crippen LogP contribution in [0, 0.1) is 11.6 Å². The molecule has 4 rings (SSSR count). The number of benzene rings is 2. The van der Waals surface area contributed by atoms with Gasteiger partial charge in [0, 0.05) is 37.7 Å². The van der Waals surface area contributed by atoms with Crippen molar-refractivity contribution in [2.24, 2.45) is 5.73 Å². The van der Waals surface area contributed by atoms with Crippen LogP contribution >= 0.6 is 0 Å². The van der Waals surface area contributed by atoms with E-state index >= 15 is 0 Å². The lowest BCUT2D eigenvalue weighted by Crippen LogP contribution is -2.50. The number of nitrogens with zero attached hydrogens (tertiary/aromatic N) is 3. The maximum atomic E-state index is 13.9. The van der Waals surface area contributed by atoms with Gasteiger partial charge in [-0.2, -0.15) is 0 Å². The average Bonchev–Trinajstić information content (AvgIpc) is 3.01. The first-order valence-electron chi connectivity index (χ1n) is 9.60. The topological polar surface area (TPSA) is 47.1 Å². The lowest BCUT2D eigenvalue weighted by atomic mass is 10.1. The van der Waals surface area contributed by atoms with E-state index < -0.39 is 29.8 Å². The van der Waals surface area contributed by atoms with Crippen molar-refractivity contribution in [3.63, 3.8) is 0 Å². The fraction of sp³-hybridized carbons (Fsp3) is 0.381. The Morgan fingerprint density at radius 2 is 1.80 bits per heavy atom. The van der Waals surface area contributed by atoms with Gasteiger partial charge in [-0.05, 0) is 12.0 Å². The average molecular weight is 424 g/mol. The molecule has 9 heteroatoms. The number of hydrogen-bond donors (Lipinski definition) is 1. The van der Waals surface area contributed by atoms with Crippen LogP contribution in [-0.4, -0.2) is 34.9 Å². The number of rotatable bonds is 4. The van der Waals surface area contributed by atoms with Crippen LogP contribution in [0.15, 0.2) is 36.4 Å². The molecule has 0 bridgehead atoms. The summed E-state index contributed by atoms with van der Waals surface area (Å²) in [5.41, 5.74) is 7.02. The molecule has 0 saturated carbocycles. The van der Waals surface area contributed by atoms with Crippen LogP contribution in [0.2, 0.25) is 0 Å². The van der Waals surface area contributed by atoms with E-state index in [-0.39, 0.29) is 30.6 Å². The highest BCUT2D eigenvalue weighted by atomic mass is 19.3. The van der Waals surface area contributed by atoms with E-state index in [1.54, 1.807) is 21.6 Å². The summed E-state index contributed by atoms with van der Waals surface area (Å²) in [5, 5.41) is 0. The Balaban J connectivity index is 1.75. The fourth-order valence-corrected chi connectivity index (χ4v) is 3.73. The lowest BCUT2D eigenvalue weighted by molar-refractivity contribution is 0.0174. The van der Waals surface area contributed by atoms with Crippen molar-refractivity contribution in [2.75, 3.05) is 18.0 Å². The second-order valence-electron chi connectivity index (χ2n) is 7.75. The molecule has 0 aliphatic carbocycles. The Labute approximate surface area is 170 Å². The molecule has 0 amide bonds. The quantitative estimate of drug-likeness (QED) is 0.634. The van der Waals surface area contributed by atoms with Crippen molar-refractivity contribution < 1.29 is 22.0 Å². The first-order valence-corrected chi connectivity index (χ1v) is 9.60. The molecular weight excluding hydrogens is 403 g/mol. The highest BCUT2D eigenvalue weighted by molar-refractivity contribution is 5.79. The molecule has 30 heavy (non-hydrogen) atoms. The lowest BCUT2D eigenvalue weighted by Gasteiger charge is -2.34. The van der Waals surface area contributed by atoms with Crippen molar-refractivity contribution in [1.82, 2.24) is 9.55 Å². The highest BCUT2D eigenvalue weighted by Gasteiger charge is 2.30. The summed E-state index contributed by atoms with van der Waals surface area (Å²) < 4.78 is 70.1. The first kappa shape index (κ1) is 20.6. The van der Waals surface area contributed by atoms with Crippen molar-refractivity contribution in [3.05, 3.63) is 59.2 Å². The van der Waals surface area contributed by atoms with Crippen molar-refractivity contribution in [1.29, 1.82) is 0 Å². The molecule has 1 fully saturated rings. The van der Waals surface area contributed by atoms with Crippen LogP contribution in [0.3, 0.4) is 0 Å². The van der Waals surface area contributed by atoms with Crippen molar-refractivity contribution in [2.45, 2.75) is 38.0 Å². The zero-order valence-corrected chi connectivity index (χ0v) is 16.3. The molecule has 1 aromatic heterocycles. The van der Waals surface area contributed by atoms with Gasteiger partial charge in [0.1, 0.15) is 6.17 Å². The summed E-state index contributed by atoms with van der Waals surface area (Å²) in [6.07, 6.45) is -0.912. The number of anilines is 1. The maximum absolute atomic E-state index is 13.9. The monoisotopic (exact) mass is 424 g/mol. The van der Waals surface area contributed by atoms with Crippen molar-refractivity contribution >= 4 is 17.0 Å². The molecule has 2 N–H and O–H groups in total. The van der Waals surface area contributed by atoms with Crippen LogP contribution in [0.4, 0.5) is 27.9 Å². The van der Waals surface area contributed by atoms with Gasteiger partial charge in [-0.15, -0.1) is 0 Å². The SMILES string of the molecule is CC(F)(F)c1ccc(Cn2c(N3CCC(F)[C@H](N)C3)nc3cc(F)c(F)cc32)cc1. The number of hydrogen-bond acceptors (Lipinski definition) is 3. The molecule has 3 aromatic rings. The zero-order chi connectivity index (χ0) is 21.6. The number of fused-ring (bicyclic) bond motifs is 1. The molecule has 0 spiro atoms. The second-order valence-corrected chi connectivity index (χ2v) is 7.75. The number of alkyl halides is 3. The van der Waals surface area contributed by atoms with Gasteiger partial charge in [0.05, 0.1) is 23.6 Å². The molecule has 1 unspecified atom stereocenters. The molecule has 1 saturated heterocycles. The Morgan fingerprint density at radius 3 is 2.43 bits per heavy atom. The van der Waals surface area contributed by atoms with E-state index in [9.17, 15) is 22.0 Å². The normalized spacial score (nSPS) is 20.2. The van der Waals surface area contributed by atoms with E-state index in [0.29, 0.717) is 23.6 Å². The molecule has 2 heterocycles. The smallest absolute Gasteiger partial charge is 0.270 e. The molecule has 1 aliphatic rings. The molecule has 4 nitrogen and oxygen atoms in total. The third-order valence-corrected chi connectivity index (χ3v) is 5.43. The van der Waals surface area contributed by atoms with E-state index in [1.165, 1.54) is 12.1 Å². The molecular formula is C21H21F5N4. The van der Waals surface area contributed by atoms with Gasteiger partial charge in [-0.1, -0.05) is 24.3 Å². The third kappa shape index (κ3) is 3.86. The Hall–Kier alpha value is -2.68. The van der Waals surface area contributed by atoms with Crippen LogP contribution < -0.4 is 10.6 Å². The summed E-state index contributed by atoms with van der Waals surface area (Å²) >= 11 is 0. The minimum atomic E-state index is -2.96. The third-order valence-electron chi connectivity index (χ3n) is 5.43. The number of nitrogens with two attached hydrogens (primary N) is 1. The van der Waals surface area contributed by atoms with Gasteiger partial charge in [-0.25, -0.2) is 26.9 Å². The van der Waals surface area contributed by atoms with E-state index in [1.807, 2.05) is 0 Å². The molecule has 2 atom stereocenters. The van der Waals surface area contributed by atoms with Crippen LogP contribution in [0.25, 0.3) is 11.0 Å². The van der Waals surface area contributed by atoms with Crippen molar-refractivity contribution in [3.8, 4) is 0 Å². The van der Waals surface area contributed by atoms with Gasteiger partial charge in [0.15, 0.2) is 11.6 Å². The number of aromatic nitrogens is 2. The number of halogens is 5. The summed E-state index contributed by atoms with van der Waals surface area (Å²) in [6.45, 7) is 1.57. The predicted molar refractivity (Wildman–Crippen MR) is 104 cm³/mol. The largest absolute Gasteiger partial charge is 0.340 e. The van der Waals surface area contributed by atoms with Crippen LogP contribution in [0.5, 0.6) is 0 Å². The molecule has 160 valence electrons. The summed E-state index contributed by atoms with van der Waals surface area (Å²) in [5.74, 6) is -4.59. The highest BCUT2D eigenvalue weighted by Crippen LogP contribution is 2.30. The second kappa shape index (κ2) is 7.54. The summed E-state index contributed by atoms with van der Waals surface area (Å²) in [6, 6.07) is 7.14. The van der Waals surface area contributed by atoms with E-state index in [0.717, 1.165) is 19.1 Å². The minimum absolute atomic E-state index is 0.119. The first-order chi connectivity index (χ1) is 14.1. The van der Waals surface area contributed by atoms with E-state index in [4.69, 9.17) is 5.73 Å². The summed E-state index contributed by atoms with van der Waals surface area (Å²) in [4.78, 5) is 6.22. The molecule has 1 aliphatic heterocycles. The molecule has 0 radical (unpaired) electrons.